The van der Waals surface area contributed by atoms with Crippen molar-refractivity contribution >= 4 is 28.4 Å². The summed E-state index contributed by atoms with van der Waals surface area (Å²) in [6.45, 7) is 11.9. The number of amides is 1. The summed E-state index contributed by atoms with van der Waals surface area (Å²) in [7, 11) is 1.70. The summed E-state index contributed by atoms with van der Waals surface area (Å²) in [4.78, 5) is 22.2. The number of rotatable bonds is 4. The summed E-state index contributed by atoms with van der Waals surface area (Å²) in [5.74, 6) is 1.85. The van der Waals surface area contributed by atoms with Gasteiger partial charge in [-0.25, -0.2) is 9.78 Å². The van der Waals surface area contributed by atoms with Crippen molar-refractivity contribution in [3.8, 4) is 5.75 Å². The second-order valence-corrected chi connectivity index (χ2v) is 8.02. The van der Waals surface area contributed by atoms with Gasteiger partial charge in [0.25, 0.3) is 0 Å². The standard InChI is InChI=1S/C24H31N5O2/c1-6-25-20-8-7-10-26-23(20)27-12-14-28(15-13-27)24(30)29-11-9-19-18(4)22(31-5)17(3)16(2)21(19)29/h7-11,25H,6,12-15H2,1-5H3. The van der Waals surface area contributed by atoms with Crippen molar-refractivity contribution in [2.75, 3.05) is 50.1 Å². The van der Waals surface area contributed by atoms with Crippen LogP contribution in [0, 0.1) is 20.8 Å². The molecule has 31 heavy (non-hydrogen) atoms. The minimum atomic E-state index is 0.0228. The lowest BCUT2D eigenvalue weighted by Crippen LogP contribution is -2.50. The predicted octanol–water partition coefficient (Wildman–Crippen LogP) is 4.19. The van der Waals surface area contributed by atoms with Gasteiger partial charge in [0.15, 0.2) is 5.82 Å². The van der Waals surface area contributed by atoms with Crippen LogP contribution in [0.3, 0.4) is 0 Å². The Kier molecular flexibility index (Phi) is 5.76. The number of benzene rings is 1. The zero-order valence-corrected chi connectivity index (χ0v) is 19.0. The average Bonchev–Trinajstić information content (AvgIpc) is 3.24. The molecule has 1 aliphatic heterocycles. The second kappa shape index (κ2) is 8.49. The molecular formula is C24H31N5O2. The van der Waals surface area contributed by atoms with Crippen LogP contribution in [0.1, 0.15) is 23.6 Å². The van der Waals surface area contributed by atoms with Gasteiger partial charge in [-0.3, -0.25) is 4.57 Å². The van der Waals surface area contributed by atoms with Gasteiger partial charge in [0.05, 0.1) is 18.3 Å². The molecule has 1 amide bonds. The van der Waals surface area contributed by atoms with Gasteiger partial charge < -0.3 is 19.9 Å². The highest BCUT2D eigenvalue weighted by atomic mass is 16.5. The van der Waals surface area contributed by atoms with Crippen molar-refractivity contribution in [2.24, 2.45) is 0 Å². The number of hydrogen-bond acceptors (Lipinski definition) is 5. The van der Waals surface area contributed by atoms with E-state index in [1.165, 1.54) is 0 Å². The largest absolute Gasteiger partial charge is 0.496 e. The van der Waals surface area contributed by atoms with Gasteiger partial charge in [-0.1, -0.05) is 0 Å². The number of nitrogens with zero attached hydrogens (tertiary/aromatic N) is 4. The minimum absolute atomic E-state index is 0.0228. The number of pyridine rings is 1. The van der Waals surface area contributed by atoms with E-state index < -0.39 is 0 Å². The first-order valence-corrected chi connectivity index (χ1v) is 10.9. The third-order valence-electron chi connectivity index (χ3n) is 6.30. The van der Waals surface area contributed by atoms with Gasteiger partial charge in [-0.05, 0) is 57.0 Å². The third-order valence-corrected chi connectivity index (χ3v) is 6.30. The summed E-state index contributed by atoms with van der Waals surface area (Å²) in [5.41, 5.74) is 5.25. The molecular weight excluding hydrogens is 390 g/mol. The smallest absolute Gasteiger partial charge is 0.328 e. The lowest BCUT2D eigenvalue weighted by atomic mass is 10.0. The van der Waals surface area contributed by atoms with E-state index in [2.05, 4.69) is 49.0 Å². The van der Waals surface area contributed by atoms with Gasteiger partial charge >= 0.3 is 6.03 Å². The highest BCUT2D eigenvalue weighted by Gasteiger charge is 2.26. The molecule has 7 nitrogen and oxygen atoms in total. The van der Waals surface area contributed by atoms with Crippen LogP contribution in [0.25, 0.3) is 10.9 Å². The van der Waals surface area contributed by atoms with Crippen LogP contribution >= 0.6 is 0 Å². The Labute approximate surface area is 183 Å². The fraction of sp³-hybridized carbons (Fsp3) is 0.417. The Bertz CT molecular complexity index is 1110. The van der Waals surface area contributed by atoms with Crippen LogP contribution in [-0.2, 0) is 0 Å². The number of aryl methyl sites for hydroxylation is 2. The van der Waals surface area contributed by atoms with E-state index >= 15 is 0 Å². The molecule has 0 aliphatic carbocycles. The van der Waals surface area contributed by atoms with E-state index in [9.17, 15) is 4.79 Å². The summed E-state index contributed by atoms with van der Waals surface area (Å²) < 4.78 is 7.41. The molecule has 0 spiro atoms. The lowest BCUT2D eigenvalue weighted by Gasteiger charge is -2.36. The lowest BCUT2D eigenvalue weighted by molar-refractivity contribution is 0.197. The molecule has 4 rings (SSSR count). The van der Waals surface area contributed by atoms with Gasteiger partial charge in [0, 0.05) is 56.1 Å². The Morgan fingerprint density at radius 3 is 2.52 bits per heavy atom. The predicted molar refractivity (Wildman–Crippen MR) is 126 cm³/mol. The second-order valence-electron chi connectivity index (χ2n) is 8.02. The first-order chi connectivity index (χ1) is 15.0. The molecule has 0 radical (unpaired) electrons. The van der Waals surface area contributed by atoms with Crippen molar-refractivity contribution < 1.29 is 9.53 Å². The third kappa shape index (κ3) is 3.58. The van der Waals surface area contributed by atoms with Gasteiger partial charge in [-0.15, -0.1) is 0 Å². The van der Waals surface area contributed by atoms with Crippen LogP contribution in [0.5, 0.6) is 5.75 Å². The van der Waals surface area contributed by atoms with Crippen molar-refractivity contribution in [1.82, 2.24) is 14.5 Å². The monoisotopic (exact) mass is 421 g/mol. The average molecular weight is 422 g/mol. The van der Waals surface area contributed by atoms with Crippen molar-refractivity contribution in [3.05, 3.63) is 47.3 Å². The molecule has 0 bridgehead atoms. The van der Waals surface area contributed by atoms with E-state index in [-0.39, 0.29) is 6.03 Å². The highest BCUT2D eigenvalue weighted by molar-refractivity contribution is 5.97. The molecule has 7 heteroatoms. The number of piperazine rings is 1. The number of carbonyl (C=O) groups excluding carboxylic acids is 1. The number of carbonyl (C=O) groups is 1. The SMILES string of the molecule is CCNc1cccnc1N1CCN(C(=O)n2ccc3c(C)c(OC)c(C)c(C)c32)CC1. The number of anilines is 2. The van der Waals surface area contributed by atoms with Gasteiger partial charge in [0.2, 0.25) is 0 Å². The number of fused-ring (bicyclic) bond motifs is 1. The zero-order chi connectivity index (χ0) is 22.1. The van der Waals surface area contributed by atoms with Crippen LogP contribution in [0.15, 0.2) is 30.6 Å². The van der Waals surface area contributed by atoms with E-state index in [1.54, 1.807) is 11.7 Å². The van der Waals surface area contributed by atoms with Gasteiger partial charge in [0.1, 0.15) is 5.75 Å². The minimum Gasteiger partial charge on any atom is -0.496 e. The van der Waals surface area contributed by atoms with Crippen LogP contribution in [0.2, 0.25) is 0 Å². The molecule has 0 atom stereocenters. The number of ether oxygens (including phenoxy) is 1. The van der Waals surface area contributed by atoms with E-state index in [4.69, 9.17) is 4.74 Å². The topological polar surface area (TPSA) is 62.6 Å². The molecule has 3 aromatic rings. The van der Waals surface area contributed by atoms with Gasteiger partial charge in [-0.2, -0.15) is 0 Å². The fourth-order valence-corrected chi connectivity index (χ4v) is 4.57. The molecule has 2 aromatic heterocycles. The first-order valence-electron chi connectivity index (χ1n) is 10.9. The summed E-state index contributed by atoms with van der Waals surface area (Å²) in [6, 6.07) is 6.04. The summed E-state index contributed by atoms with van der Waals surface area (Å²) in [6.07, 6.45) is 3.71. The van der Waals surface area contributed by atoms with E-state index in [0.717, 1.165) is 64.5 Å². The molecule has 1 aromatic carbocycles. The van der Waals surface area contributed by atoms with Crippen molar-refractivity contribution in [1.29, 1.82) is 0 Å². The Balaban J connectivity index is 1.57. The molecule has 1 aliphatic rings. The van der Waals surface area contributed by atoms with Crippen LogP contribution in [0.4, 0.5) is 16.3 Å². The molecule has 1 fully saturated rings. The maximum atomic E-state index is 13.4. The summed E-state index contributed by atoms with van der Waals surface area (Å²) in [5, 5.41) is 4.44. The number of aromatic nitrogens is 2. The molecule has 1 N–H and O–H groups in total. The van der Waals surface area contributed by atoms with E-state index in [0.29, 0.717) is 13.1 Å². The van der Waals surface area contributed by atoms with Crippen molar-refractivity contribution in [3.63, 3.8) is 0 Å². The zero-order valence-electron chi connectivity index (χ0n) is 19.0. The molecule has 3 heterocycles. The molecule has 164 valence electrons. The number of hydrogen-bond donors (Lipinski definition) is 1. The Morgan fingerprint density at radius 1 is 1.10 bits per heavy atom. The maximum Gasteiger partial charge on any atom is 0.328 e. The highest BCUT2D eigenvalue weighted by Crippen LogP contribution is 2.35. The number of nitrogens with one attached hydrogen (secondary N) is 1. The fourth-order valence-electron chi connectivity index (χ4n) is 4.57. The Morgan fingerprint density at radius 2 is 1.84 bits per heavy atom. The van der Waals surface area contributed by atoms with Crippen LogP contribution in [-0.4, -0.2) is 60.3 Å². The quantitative estimate of drug-likeness (QED) is 0.684. The van der Waals surface area contributed by atoms with Crippen LogP contribution < -0.4 is 15.0 Å². The van der Waals surface area contributed by atoms with Crippen molar-refractivity contribution in [2.45, 2.75) is 27.7 Å². The molecule has 0 saturated carbocycles. The number of methoxy groups -OCH3 is 1. The molecule has 1 saturated heterocycles. The Hall–Kier alpha value is -3.22. The van der Waals surface area contributed by atoms with E-state index in [1.807, 2.05) is 29.4 Å². The maximum absolute atomic E-state index is 13.4. The first kappa shape index (κ1) is 21.0. The summed E-state index contributed by atoms with van der Waals surface area (Å²) >= 11 is 0. The normalized spacial score (nSPS) is 14.2. The molecule has 0 unspecified atom stereocenters.